The first-order chi connectivity index (χ1) is 14.5. The Bertz CT molecular complexity index is 1030. The van der Waals surface area contributed by atoms with Gasteiger partial charge in [-0.05, 0) is 78.5 Å². The quantitative estimate of drug-likeness (QED) is 0.466. The molecule has 5 heteroatoms. The number of benzene rings is 3. The van der Waals surface area contributed by atoms with Gasteiger partial charge in [0.15, 0.2) is 5.78 Å². The molecule has 1 N–H and O–H groups in total. The van der Waals surface area contributed by atoms with Crippen molar-refractivity contribution in [3.05, 3.63) is 82.1 Å². The Morgan fingerprint density at radius 3 is 2.40 bits per heavy atom. The highest BCUT2D eigenvalue weighted by Crippen LogP contribution is 2.36. The van der Waals surface area contributed by atoms with Crippen LogP contribution in [0.25, 0.3) is 10.8 Å². The first kappa shape index (κ1) is 21.2. The first-order valence-electron chi connectivity index (χ1n) is 10.4. The second-order valence-electron chi connectivity index (χ2n) is 7.99. The van der Waals surface area contributed by atoms with Crippen LogP contribution in [-0.2, 0) is 0 Å². The van der Waals surface area contributed by atoms with Gasteiger partial charge in [-0.25, -0.2) is 4.39 Å². The Balaban J connectivity index is 1.34. The van der Waals surface area contributed by atoms with Crippen LogP contribution in [-0.4, -0.2) is 35.4 Å². The van der Waals surface area contributed by atoms with E-state index in [-0.39, 0.29) is 17.5 Å². The van der Waals surface area contributed by atoms with Crippen LogP contribution in [0.4, 0.5) is 4.39 Å². The fourth-order valence-corrected chi connectivity index (χ4v) is 4.81. The summed E-state index contributed by atoms with van der Waals surface area (Å²) in [5.41, 5.74) is 1.54. The smallest absolute Gasteiger partial charge is 0.164 e. The summed E-state index contributed by atoms with van der Waals surface area (Å²) in [6.45, 7) is 2.43. The number of Topliss-reactive ketones (excluding diaryl/α,β-unsaturated/α-hetero) is 1. The number of ketones is 1. The fraction of sp³-hybridized carbons (Fsp3) is 0.320. The molecule has 3 nitrogen and oxygen atoms in total. The molecule has 4 rings (SSSR count). The maximum Gasteiger partial charge on any atom is 0.164 e. The summed E-state index contributed by atoms with van der Waals surface area (Å²) in [6, 6.07) is 17.9. The van der Waals surface area contributed by atoms with Gasteiger partial charge in [0.2, 0.25) is 0 Å². The number of carbonyl (C=O) groups excluding carboxylic acids is 1. The molecular formula is C25H25BrFNO2. The fourth-order valence-electron chi connectivity index (χ4n) is 4.33. The highest BCUT2D eigenvalue weighted by molar-refractivity contribution is 9.10. The molecule has 0 radical (unpaired) electrons. The molecule has 0 spiro atoms. The first-order valence-corrected chi connectivity index (χ1v) is 11.2. The predicted molar refractivity (Wildman–Crippen MR) is 121 cm³/mol. The maximum absolute atomic E-state index is 13.0. The van der Waals surface area contributed by atoms with Crippen LogP contribution in [0.2, 0.25) is 0 Å². The second kappa shape index (κ2) is 9.38. The Labute approximate surface area is 184 Å². The summed E-state index contributed by atoms with van der Waals surface area (Å²) in [7, 11) is 0. The average molecular weight is 470 g/mol. The monoisotopic (exact) mass is 469 g/mol. The minimum atomic E-state index is -0.494. The number of nitrogens with zero attached hydrogens (tertiary/aromatic N) is 1. The van der Waals surface area contributed by atoms with Gasteiger partial charge in [0, 0.05) is 23.0 Å². The molecule has 1 atom stereocenters. The number of hydrogen-bond donors (Lipinski definition) is 1. The van der Waals surface area contributed by atoms with Gasteiger partial charge in [0.1, 0.15) is 5.82 Å². The van der Waals surface area contributed by atoms with E-state index in [2.05, 4.69) is 33.0 Å². The normalized spacial score (nSPS) is 16.6. The van der Waals surface area contributed by atoms with E-state index in [9.17, 15) is 14.3 Å². The minimum absolute atomic E-state index is 0.0403. The number of aliphatic hydroxyl groups is 1. The molecule has 1 saturated heterocycles. The number of carbonyl (C=O) groups is 1. The summed E-state index contributed by atoms with van der Waals surface area (Å²) in [4.78, 5) is 14.6. The van der Waals surface area contributed by atoms with Crippen molar-refractivity contribution < 1.29 is 14.3 Å². The van der Waals surface area contributed by atoms with Crippen LogP contribution in [0.15, 0.2) is 65.1 Å². The third-order valence-electron chi connectivity index (χ3n) is 6.12. The van der Waals surface area contributed by atoms with E-state index in [1.165, 1.54) is 12.1 Å². The van der Waals surface area contributed by atoms with Crippen molar-refractivity contribution >= 4 is 32.5 Å². The molecule has 1 heterocycles. The van der Waals surface area contributed by atoms with Gasteiger partial charge >= 0.3 is 0 Å². The van der Waals surface area contributed by atoms with Gasteiger partial charge in [-0.15, -0.1) is 0 Å². The Kier molecular flexibility index (Phi) is 6.61. The molecule has 0 bridgehead atoms. The van der Waals surface area contributed by atoms with E-state index < -0.39 is 6.10 Å². The van der Waals surface area contributed by atoms with Crippen molar-refractivity contribution in [3.8, 4) is 0 Å². The lowest BCUT2D eigenvalue weighted by atomic mass is 9.85. The van der Waals surface area contributed by atoms with E-state index in [4.69, 9.17) is 0 Å². The van der Waals surface area contributed by atoms with E-state index in [1.807, 2.05) is 24.3 Å². The SMILES string of the molecule is O=C(CCN1CCC(C(O)c2ccc(Br)c3ccccc23)CC1)c1ccc(F)cc1. The molecule has 0 aliphatic carbocycles. The van der Waals surface area contributed by atoms with E-state index in [0.29, 0.717) is 18.5 Å². The van der Waals surface area contributed by atoms with Crippen LogP contribution >= 0.6 is 15.9 Å². The van der Waals surface area contributed by atoms with Gasteiger partial charge in [-0.3, -0.25) is 4.79 Å². The van der Waals surface area contributed by atoms with E-state index in [1.54, 1.807) is 12.1 Å². The van der Waals surface area contributed by atoms with Crippen molar-refractivity contribution in [1.82, 2.24) is 4.90 Å². The minimum Gasteiger partial charge on any atom is -0.388 e. The maximum atomic E-state index is 13.0. The second-order valence-corrected chi connectivity index (χ2v) is 8.84. The van der Waals surface area contributed by atoms with Crippen LogP contribution in [0.5, 0.6) is 0 Å². The molecule has 0 aromatic heterocycles. The highest BCUT2D eigenvalue weighted by atomic mass is 79.9. The van der Waals surface area contributed by atoms with Gasteiger partial charge in [0.25, 0.3) is 0 Å². The van der Waals surface area contributed by atoms with Crippen molar-refractivity contribution in [2.24, 2.45) is 5.92 Å². The molecule has 3 aromatic carbocycles. The third kappa shape index (κ3) is 4.64. The molecule has 156 valence electrons. The molecule has 0 amide bonds. The lowest BCUT2D eigenvalue weighted by Crippen LogP contribution is -2.36. The molecule has 3 aromatic rings. The van der Waals surface area contributed by atoms with E-state index >= 15 is 0 Å². The number of halogens is 2. The van der Waals surface area contributed by atoms with E-state index in [0.717, 1.165) is 46.7 Å². The molecule has 1 fully saturated rings. The van der Waals surface area contributed by atoms with Gasteiger partial charge < -0.3 is 10.0 Å². The molecule has 0 saturated carbocycles. The van der Waals surface area contributed by atoms with Crippen molar-refractivity contribution in [3.63, 3.8) is 0 Å². The summed E-state index contributed by atoms with van der Waals surface area (Å²) in [5.74, 6) is -0.0807. The predicted octanol–water partition coefficient (Wildman–Crippen LogP) is 5.76. The molecule has 1 unspecified atom stereocenters. The summed E-state index contributed by atoms with van der Waals surface area (Å²) < 4.78 is 14.1. The van der Waals surface area contributed by atoms with Crippen LogP contribution in [0, 0.1) is 11.7 Å². The zero-order valence-electron chi connectivity index (χ0n) is 16.7. The standard InChI is InChI=1S/C25H25BrFNO2/c26-23-10-9-22(20-3-1-2-4-21(20)23)25(30)18-11-14-28(15-12-18)16-13-24(29)17-5-7-19(27)8-6-17/h1-10,18,25,30H,11-16H2. The molecule has 1 aliphatic rings. The summed E-state index contributed by atoms with van der Waals surface area (Å²) in [6.07, 6.45) is 1.73. The lowest BCUT2D eigenvalue weighted by molar-refractivity contribution is 0.0585. The summed E-state index contributed by atoms with van der Waals surface area (Å²) >= 11 is 3.60. The Hall–Kier alpha value is -2.08. The third-order valence-corrected chi connectivity index (χ3v) is 6.81. The Morgan fingerprint density at radius 2 is 1.70 bits per heavy atom. The number of likely N-dealkylation sites (tertiary alicyclic amines) is 1. The number of fused-ring (bicyclic) bond motifs is 1. The number of rotatable bonds is 6. The number of piperidine rings is 1. The molecule has 1 aliphatic heterocycles. The van der Waals surface area contributed by atoms with Crippen LogP contribution < -0.4 is 0 Å². The average Bonchev–Trinajstić information content (AvgIpc) is 2.78. The van der Waals surface area contributed by atoms with Gasteiger partial charge in [-0.2, -0.15) is 0 Å². The summed E-state index contributed by atoms with van der Waals surface area (Å²) in [5, 5.41) is 13.3. The highest BCUT2D eigenvalue weighted by Gasteiger charge is 2.27. The van der Waals surface area contributed by atoms with Gasteiger partial charge in [0.05, 0.1) is 6.10 Å². The van der Waals surface area contributed by atoms with Crippen LogP contribution in [0.1, 0.15) is 41.3 Å². The zero-order valence-corrected chi connectivity index (χ0v) is 18.3. The topological polar surface area (TPSA) is 40.5 Å². The van der Waals surface area contributed by atoms with Gasteiger partial charge in [-0.1, -0.05) is 46.3 Å². The number of hydrogen-bond acceptors (Lipinski definition) is 3. The molecular weight excluding hydrogens is 445 g/mol. The van der Waals surface area contributed by atoms with Crippen molar-refractivity contribution in [2.45, 2.75) is 25.4 Å². The lowest BCUT2D eigenvalue weighted by Gasteiger charge is -2.34. The number of aliphatic hydroxyl groups excluding tert-OH is 1. The van der Waals surface area contributed by atoms with Crippen molar-refractivity contribution in [1.29, 1.82) is 0 Å². The van der Waals surface area contributed by atoms with Crippen LogP contribution in [0.3, 0.4) is 0 Å². The molecule has 30 heavy (non-hydrogen) atoms. The Morgan fingerprint density at radius 1 is 1.03 bits per heavy atom. The zero-order chi connectivity index (χ0) is 21.1. The van der Waals surface area contributed by atoms with Crippen molar-refractivity contribution in [2.75, 3.05) is 19.6 Å². The largest absolute Gasteiger partial charge is 0.388 e.